The predicted octanol–water partition coefficient (Wildman–Crippen LogP) is 5.80. The van der Waals surface area contributed by atoms with E-state index >= 15 is 4.39 Å². The molecule has 8 rings (SSSR count). The largest absolute Gasteiger partial charge is 0.461 e. The van der Waals surface area contributed by atoms with Gasteiger partial charge in [0, 0.05) is 53.0 Å². The number of nitrogens with two attached hydrogens (primary N) is 1. The minimum Gasteiger partial charge on any atom is -0.461 e. The van der Waals surface area contributed by atoms with Crippen molar-refractivity contribution in [3.8, 4) is 29.6 Å². The maximum atomic E-state index is 15.0. The Labute approximate surface area is 268 Å². The summed E-state index contributed by atoms with van der Waals surface area (Å²) in [6.45, 7) is 4.01. The highest BCUT2D eigenvalue weighted by Gasteiger charge is 2.56. The van der Waals surface area contributed by atoms with Crippen LogP contribution in [0.2, 0.25) is 0 Å². The minimum atomic E-state index is -1.64. The monoisotopic (exact) mass is 644 g/mol. The van der Waals surface area contributed by atoms with E-state index in [0.717, 1.165) is 6.42 Å². The van der Waals surface area contributed by atoms with Crippen LogP contribution >= 0.6 is 0 Å². The lowest BCUT2D eigenvalue weighted by molar-refractivity contribution is 0.108. The van der Waals surface area contributed by atoms with Crippen molar-refractivity contribution in [1.82, 2.24) is 19.9 Å². The fourth-order valence-corrected chi connectivity index (χ4v) is 7.88. The lowest BCUT2D eigenvalue weighted by Gasteiger charge is -2.31. The van der Waals surface area contributed by atoms with Crippen molar-refractivity contribution in [3.05, 3.63) is 59.1 Å². The summed E-state index contributed by atoms with van der Waals surface area (Å²) >= 11 is 0. The van der Waals surface area contributed by atoms with Crippen LogP contribution in [0.15, 0.2) is 42.1 Å². The molecule has 4 aliphatic rings. The van der Waals surface area contributed by atoms with Crippen LogP contribution in [0.5, 0.6) is 6.01 Å². The quantitative estimate of drug-likeness (QED) is 0.166. The van der Waals surface area contributed by atoms with Crippen LogP contribution in [0.4, 0.5) is 29.1 Å². The number of alkyl halides is 1. The third kappa shape index (κ3) is 4.78. The smallest absolute Gasteiger partial charge is 0.319 e. The number of aryl methyl sites for hydroxylation is 1. The molecule has 8 nitrogen and oxygen atoms in total. The van der Waals surface area contributed by atoms with Crippen LogP contribution < -0.4 is 15.4 Å². The molecule has 2 aromatic carbocycles. The van der Waals surface area contributed by atoms with Crippen LogP contribution in [-0.2, 0) is 4.74 Å². The number of ether oxygens (including phenoxy) is 2. The zero-order valence-electron chi connectivity index (χ0n) is 25.7. The van der Waals surface area contributed by atoms with Crippen LogP contribution in [0.1, 0.15) is 30.4 Å². The summed E-state index contributed by atoms with van der Waals surface area (Å²) in [7, 11) is 0. The Balaban J connectivity index is 1.28. The number of rotatable bonds is 5. The summed E-state index contributed by atoms with van der Waals surface area (Å²) in [5.41, 5.74) is 8.57. The van der Waals surface area contributed by atoms with Gasteiger partial charge in [0.1, 0.15) is 24.4 Å². The Morgan fingerprint density at radius 1 is 1.23 bits per heavy atom. The van der Waals surface area contributed by atoms with Gasteiger partial charge in [-0.3, -0.25) is 9.88 Å². The molecule has 0 amide bonds. The molecule has 4 fully saturated rings. The number of hydrogen-bond acceptors (Lipinski definition) is 8. The first-order valence-corrected chi connectivity index (χ1v) is 15.7. The number of hydrogen-bond donors (Lipinski definition) is 1. The molecule has 0 bridgehead atoms. The molecule has 0 radical (unpaired) electrons. The second kappa shape index (κ2) is 11.1. The second-order valence-corrected chi connectivity index (χ2v) is 13.0. The lowest BCUT2D eigenvalue weighted by Crippen LogP contribution is -2.43. The van der Waals surface area contributed by atoms with Crippen molar-refractivity contribution in [3.63, 3.8) is 0 Å². The van der Waals surface area contributed by atoms with Crippen LogP contribution in [-0.4, -0.2) is 77.1 Å². The number of terminal acetylenes is 1. The summed E-state index contributed by atoms with van der Waals surface area (Å²) in [6, 6.07) is 6.01. The van der Waals surface area contributed by atoms with E-state index in [1.165, 1.54) is 6.07 Å². The molecule has 3 saturated heterocycles. The molecule has 0 spiro atoms. The molecule has 2 N–H and O–H groups in total. The van der Waals surface area contributed by atoms with Gasteiger partial charge in [-0.1, -0.05) is 12.0 Å². The number of pyridine rings is 1. The van der Waals surface area contributed by atoms with Crippen molar-refractivity contribution in [2.45, 2.75) is 43.9 Å². The highest BCUT2D eigenvalue weighted by atomic mass is 19.3. The summed E-state index contributed by atoms with van der Waals surface area (Å²) in [5.74, 6) is 2.13. The van der Waals surface area contributed by atoms with Gasteiger partial charge in [-0.2, -0.15) is 18.7 Å². The maximum absolute atomic E-state index is 15.0. The number of benzene rings is 2. The normalized spacial score (nSPS) is 25.5. The molecule has 1 saturated carbocycles. The molecule has 4 aromatic rings. The van der Waals surface area contributed by atoms with E-state index in [-0.39, 0.29) is 42.6 Å². The molecule has 4 atom stereocenters. The summed E-state index contributed by atoms with van der Waals surface area (Å²) < 4.78 is 69.2. The molecule has 3 aliphatic heterocycles. The lowest BCUT2D eigenvalue weighted by atomic mass is 9.93. The fraction of sp³-hybridized carbons (Fsp3) is 0.400. The van der Waals surface area contributed by atoms with Gasteiger partial charge in [0.25, 0.3) is 6.08 Å². The molecule has 242 valence electrons. The number of halogens is 4. The third-order valence-electron chi connectivity index (χ3n) is 10.3. The van der Waals surface area contributed by atoms with E-state index in [1.807, 2.05) is 11.8 Å². The standard InChI is InChI=1S/C35H32F4N6O2/c1-3-22-26(36)6-5-19-11-21(40)12-23(27(19)22)29-18(2)30-24(14-41-29)33(45-9-10-46-16-25-28(37)31(25)45)43-34(42-30)47-17-35-7-4-8-44(35)15-20(13-35)32(38)39/h1,5-6,11-12,14,25,28,31H,4,7-10,13,15-17,40H2,2H3/t25-,28-,31-,35-/m0/s1. The topological polar surface area (TPSA) is 89.6 Å². The van der Waals surface area contributed by atoms with Crippen molar-refractivity contribution >= 4 is 33.2 Å². The van der Waals surface area contributed by atoms with Gasteiger partial charge in [0.05, 0.1) is 47.0 Å². The number of nitrogen functional groups attached to an aromatic ring is 1. The van der Waals surface area contributed by atoms with Crippen LogP contribution in [0.25, 0.3) is 32.9 Å². The van der Waals surface area contributed by atoms with E-state index < -0.39 is 29.7 Å². The predicted molar refractivity (Wildman–Crippen MR) is 171 cm³/mol. The first-order chi connectivity index (χ1) is 22.7. The molecule has 0 unspecified atom stereocenters. The molecule has 47 heavy (non-hydrogen) atoms. The van der Waals surface area contributed by atoms with Crippen molar-refractivity contribution in [1.29, 1.82) is 0 Å². The zero-order chi connectivity index (χ0) is 32.6. The summed E-state index contributed by atoms with van der Waals surface area (Å²) in [5, 5.41) is 1.75. The van der Waals surface area contributed by atoms with Gasteiger partial charge in [-0.25, -0.2) is 8.78 Å². The van der Waals surface area contributed by atoms with Crippen LogP contribution in [0, 0.1) is 31.0 Å². The summed E-state index contributed by atoms with van der Waals surface area (Å²) in [4.78, 5) is 18.4. The van der Waals surface area contributed by atoms with Crippen molar-refractivity contribution in [2.75, 3.05) is 50.1 Å². The molecule has 5 heterocycles. The summed E-state index contributed by atoms with van der Waals surface area (Å²) in [6.07, 6.45) is 6.50. The van der Waals surface area contributed by atoms with Crippen molar-refractivity contribution in [2.24, 2.45) is 5.92 Å². The van der Waals surface area contributed by atoms with Gasteiger partial charge >= 0.3 is 6.01 Å². The Morgan fingerprint density at radius 3 is 2.89 bits per heavy atom. The van der Waals surface area contributed by atoms with Gasteiger partial charge in [-0.05, 0) is 56.3 Å². The Hall–Kier alpha value is -4.47. The van der Waals surface area contributed by atoms with Gasteiger partial charge in [0.2, 0.25) is 0 Å². The SMILES string of the molecule is C#Cc1c(F)ccc2cc(N)cc(-c3ncc4c(N5CCOC[C@H]6[C@H](F)[C@H]65)nc(OC[C@@]56CCCN5CC(=C(F)F)C6)nc4c3C)c12. The Bertz CT molecular complexity index is 2030. The highest BCUT2D eigenvalue weighted by molar-refractivity contribution is 6.04. The number of anilines is 2. The first-order valence-electron chi connectivity index (χ1n) is 15.7. The maximum Gasteiger partial charge on any atom is 0.319 e. The van der Waals surface area contributed by atoms with E-state index in [4.69, 9.17) is 36.6 Å². The molecular weight excluding hydrogens is 612 g/mol. The molecule has 12 heteroatoms. The zero-order valence-corrected chi connectivity index (χ0v) is 25.7. The fourth-order valence-electron chi connectivity index (χ4n) is 7.88. The first kappa shape index (κ1) is 29.9. The van der Waals surface area contributed by atoms with E-state index in [0.29, 0.717) is 82.7 Å². The minimum absolute atomic E-state index is 0.0534. The average Bonchev–Trinajstić information content (AvgIpc) is 3.39. The van der Waals surface area contributed by atoms with Crippen LogP contribution in [0.3, 0.4) is 0 Å². The van der Waals surface area contributed by atoms with Gasteiger partial charge in [0.15, 0.2) is 0 Å². The number of fused-ring (bicyclic) bond motifs is 4. The number of aromatic nitrogens is 3. The highest BCUT2D eigenvalue weighted by Crippen LogP contribution is 2.46. The third-order valence-corrected chi connectivity index (χ3v) is 10.3. The van der Waals surface area contributed by atoms with E-state index in [1.54, 1.807) is 24.4 Å². The Morgan fingerprint density at radius 2 is 2.09 bits per heavy atom. The van der Waals surface area contributed by atoms with Crippen molar-refractivity contribution < 1.29 is 27.0 Å². The Kier molecular flexibility index (Phi) is 7.04. The average molecular weight is 645 g/mol. The van der Waals surface area contributed by atoms with E-state index in [9.17, 15) is 13.2 Å². The molecular formula is C35H32F4N6O2. The second-order valence-electron chi connectivity index (χ2n) is 13.0. The molecule has 2 aromatic heterocycles. The van der Waals surface area contributed by atoms with Gasteiger partial charge in [-0.15, -0.1) is 6.42 Å². The number of nitrogens with zero attached hydrogens (tertiary/aromatic N) is 5. The van der Waals surface area contributed by atoms with E-state index in [2.05, 4.69) is 10.8 Å². The van der Waals surface area contributed by atoms with Gasteiger partial charge < -0.3 is 20.1 Å². The molecule has 1 aliphatic carbocycles.